The quantitative estimate of drug-likeness (QED) is 0.306. The molecule has 1 saturated heterocycles. The van der Waals surface area contributed by atoms with Crippen molar-refractivity contribution in [1.29, 1.82) is 0 Å². The molecular weight excluding hydrogens is 472 g/mol. The number of nitrogens with one attached hydrogen (secondary N) is 2. The van der Waals surface area contributed by atoms with Crippen LogP contribution in [0.25, 0.3) is 0 Å². The van der Waals surface area contributed by atoms with Gasteiger partial charge in [0.1, 0.15) is 24.8 Å². The number of urea groups is 1. The predicted octanol–water partition coefficient (Wildman–Crippen LogP) is -0.434. The summed E-state index contributed by atoms with van der Waals surface area (Å²) in [5.74, 6) is -4.15. The highest BCUT2D eigenvalue weighted by molar-refractivity contribution is 5.84. The van der Waals surface area contributed by atoms with Crippen LogP contribution in [0, 0.1) is 5.92 Å². The van der Waals surface area contributed by atoms with Crippen molar-refractivity contribution in [2.75, 3.05) is 13.7 Å². The summed E-state index contributed by atoms with van der Waals surface area (Å²) in [4.78, 5) is 71.5. The Hall–Kier alpha value is -3.42. The van der Waals surface area contributed by atoms with Gasteiger partial charge in [-0.3, -0.25) is 19.2 Å². The molecule has 0 aromatic rings. The molecule has 6 atom stereocenters. The number of esters is 5. The molecule has 1 unspecified atom stereocenters. The molecule has 2 amide bonds. The van der Waals surface area contributed by atoms with Crippen LogP contribution in [0.2, 0.25) is 0 Å². The summed E-state index contributed by atoms with van der Waals surface area (Å²) in [6.07, 6.45) is -5.58. The highest BCUT2D eigenvalue weighted by Gasteiger charge is 2.52. The summed E-state index contributed by atoms with van der Waals surface area (Å²) in [7, 11) is 1.16. The average molecular weight is 504 g/mol. The molecule has 35 heavy (non-hydrogen) atoms. The van der Waals surface area contributed by atoms with Crippen LogP contribution < -0.4 is 10.6 Å². The van der Waals surface area contributed by atoms with Gasteiger partial charge in [-0.25, -0.2) is 9.59 Å². The molecule has 1 fully saturated rings. The Morgan fingerprint density at radius 1 is 0.829 bits per heavy atom. The van der Waals surface area contributed by atoms with Gasteiger partial charge in [0, 0.05) is 27.7 Å². The van der Waals surface area contributed by atoms with Gasteiger partial charge in [-0.2, -0.15) is 0 Å². The number of carbonyl (C=O) groups excluding carboxylic acids is 6. The van der Waals surface area contributed by atoms with Gasteiger partial charge in [0.05, 0.1) is 7.11 Å². The topological polar surface area (TPSA) is 182 Å². The van der Waals surface area contributed by atoms with E-state index < -0.39 is 79.2 Å². The van der Waals surface area contributed by atoms with E-state index in [2.05, 4.69) is 15.4 Å². The molecule has 0 bridgehead atoms. The van der Waals surface area contributed by atoms with Crippen molar-refractivity contribution in [3.63, 3.8) is 0 Å². The van der Waals surface area contributed by atoms with Crippen molar-refractivity contribution >= 4 is 35.9 Å². The number of rotatable bonds is 9. The van der Waals surface area contributed by atoms with Crippen molar-refractivity contribution in [1.82, 2.24) is 10.6 Å². The second-order valence-electron chi connectivity index (χ2n) is 7.99. The molecule has 14 heteroatoms. The van der Waals surface area contributed by atoms with E-state index in [1.807, 2.05) is 0 Å². The van der Waals surface area contributed by atoms with E-state index in [0.717, 1.165) is 34.8 Å². The number of carbonyl (C=O) groups is 6. The van der Waals surface area contributed by atoms with Gasteiger partial charge in [0.2, 0.25) is 6.29 Å². The lowest BCUT2D eigenvalue weighted by atomic mass is 9.96. The number of methoxy groups -OCH3 is 1. The fourth-order valence-corrected chi connectivity index (χ4v) is 3.28. The number of ether oxygens (including phenoxy) is 6. The number of hydrogen-bond acceptors (Lipinski definition) is 12. The highest BCUT2D eigenvalue weighted by Crippen LogP contribution is 2.28. The van der Waals surface area contributed by atoms with E-state index in [1.165, 1.54) is 0 Å². The normalized spacial score (nSPS) is 24.4. The van der Waals surface area contributed by atoms with Crippen LogP contribution in [-0.2, 0) is 52.4 Å². The zero-order valence-electron chi connectivity index (χ0n) is 20.6. The Bertz CT molecular complexity index is 814. The first-order valence-corrected chi connectivity index (χ1v) is 10.7. The average Bonchev–Trinajstić information content (AvgIpc) is 2.73. The summed E-state index contributed by atoms with van der Waals surface area (Å²) >= 11 is 0. The van der Waals surface area contributed by atoms with Gasteiger partial charge >= 0.3 is 35.9 Å². The minimum atomic E-state index is -1.55. The maximum Gasteiger partial charge on any atom is 0.328 e. The molecule has 1 aliphatic heterocycles. The Morgan fingerprint density at radius 3 is 1.83 bits per heavy atom. The van der Waals surface area contributed by atoms with Crippen molar-refractivity contribution in [3.8, 4) is 0 Å². The smallest absolute Gasteiger partial charge is 0.328 e. The molecule has 0 radical (unpaired) electrons. The lowest BCUT2D eigenvalue weighted by Crippen LogP contribution is -2.68. The zero-order chi connectivity index (χ0) is 26.9. The largest absolute Gasteiger partial charge is 0.467 e. The lowest BCUT2D eigenvalue weighted by Gasteiger charge is -2.44. The predicted molar refractivity (Wildman–Crippen MR) is 114 cm³/mol. The minimum Gasteiger partial charge on any atom is -0.467 e. The molecule has 1 rings (SSSR count). The number of amides is 2. The third-order valence-corrected chi connectivity index (χ3v) is 4.69. The van der Waals surface area contributed by atoms with Crippen molar-refractivity contribution in [2.45, 2.75) is 78.2 Å². The SMILES string of the molecule is COC(=O)C(NC(=O)N[C@H]1[C@H](OC(C)=O)O[C@H](COC(C)=O)[C@@H](OC(C)=O)[C@@H]1OC(C)=O)C(C)C. The Morgan fingerprint density at radius 2 is 1.37 bits per heavy atom. The van der Waals surface area contributed by atoms with E-state index in [0.29, 0.717) is 0 Å². The standard InChI is InChI=1S/C21H32N2O12/c1-9(2)15(19(28)30-7)22-21(29)23-16-18(33-12(5)26)17(32-11(4)25)14(8-31-10(3)24)35-20(16)34-13(6)27/h9,14-18,20H,8H2,1-7H3,(H2,22,23,29)/t14-,15?,16-,17-,18-,20-/m1/s1. The molecule has 2 N–H and O–H groups in total. The maximum atomic E-state index is 12.8. The Labute approximate surface area is 202 Å². The van der Waals surface area contributed by atoms with Crippen molar-refractivity contribution < 1.29 is 57.2 Å². The second kappa shape index (κ2) is 13.5. The summed E-state index contributed by atoms with van der Waals surface area (Å²) in [6.45, 7) is 7.27. The molecule has 1 aliphatic rings. The van der Waals surface area contributed by atoms with Gasteiger partial charge in [-0.15, -0.1) is 0 Å². The van der Waals surface area contributed by atoms with Crippen LogP contribution in [0.1, 0.15) is 41.5 Å². The van der Waals surface area contributed by atoms with Crippen LogP contribution in [0.5, 0.6) is 0 Å². The summed E-state index contributed by atoms with van der Waals surface area (Å²) < 4.78 is 31.1. The molecule has 14 nitrogen and oxygen atoms in total. The Kier molecular flexibility index (Phi) is 11.4. The van der Waals surface area contributed by atoms with Gasteiger partial charge in [-0.05, 0) is 5.92 Å². The molecule has 0 saturated carbocycles. The fourth-order valence-electron chi connectivity index (χ4n) is 3.28. The van der Waals surface area contributed by atoms with Gasteiger partial charge < -0.3 is 39.1 Å². The molecule has 1 heterocycles. The van der Waals surface area contributed by atoms with Gasteiger partial charge in [-0.1, -0.05) is 13.8 Å². The van der Waals surface area contributed by atoms with E-state index in [9.17, 15) is 28.8 Å². The van der Waals surface area contributed by atoms with Gasteiger partial charge in [0.25, 0.3) is 0 Å². The number of hydrogen-bond donors (Lipinski definition) is 2. The van der Waals surface area contributed by atoms with Crippen LogP contribution in [0.15, 0.2) is 0 Å². The fraction of sp³-hybridized carbons (Fsp3) is 0.714. The first kappa shape index (κ1) is 29.6. The van der Waals surface area contributed by atoms with E-state index in [-0.39, 0.29) is 5.92 Å². The second-order valence-corrected chi connectivity index (χ2v) is 7.99. The third kappa shape index (κ3) is 9.39. The molecule has 0 aliphatic carbocycles. The van der Waals surface area contributed by atoms with Gasteiger partial charge in [0.15, 0.2) is 12.2 Å². The van der Waals surface area contributed by atoms with E-state index in [1.54, 1.807) is 13.8 Å². The van der Waals surface area contributed by atoms with Crippen LogP contribution in [-0.4, -0.2) is 86.3 Å². The zero-order valence-corrected chi connectivity index (χ0v) is 20.6. The summed E-state index contributed by atoms with van der Waals surface area (Å²) in [6, 6.07) is -3.35. The highest BCUT2D eigenvalue weighted by atomic mass is 16.7. The van der Waals surface area contributed by atoms with Crippen LogP contribution >= 0.6 is 0 Å². The Balaban J connectivity index is 3.36. The molecule has 0 aromatic carbocycles. The monoisotopic (exact) mass is 504 g/mol. The summed E-state index contributed by atoms with van der Waals surface area (Å²) in [5, 5.41) is 4.88. The van der Waals surface area contributed by atoms with Crippen molar-refractivity contribution in [2.24, 2.45) is 5.92 Å². The first-order chi connectivity index (χ1) is 16.3. The molecular formula is C21H32N2O12. The summed E-state index contributed by atoms with van der Waals surface area (Å²) in [5.41, 5.74) is 0. The molecule has 198 valence electrons. The molecule has 0 spiro atoms. The van der Waals surface area contributed by atoms with E-state index >= 15 is 0 Å². The van der Waals surface area contributed by atoms with E-state index in [4.69, 9.17) is 23.7 Å². The van der Waals surface area contributed by atoms with Crippen LogP contribution in [0.4, 0.5) is 4.79 Å². The molecule has 0 aromatic heterocycles. The third-order valence-electron chi connectivity index (χ3n) is 4.69. The van der Waals surface area contributed by atoms with Crippen molar-refractivity contribution in [3.05, 3.63) is 0 Å². The lowest BCUT2D eigenvalue weighted by molar-refractivity contribution is -0.270. The van der Waals surface area contributed by atoms with Crippen LogP contribution in [0.3, 0.4) is 0 Å². The first-order valence-electron chi connectivity index (χ1n) is 10.7. The maximum absolute atomic E-state index is 12.8. The minimum absolute atomic E-state index is 0.355.